The number of urea groups is 1. The highest BCUT2D eigenvalue weighted by molar-refractivity contribution is 7.14. The smallest absolute Gasteiger partial charge is 0.325 e. The molecule has 1 heterocycles. The van der Waals surface area contributed by atoms with Gasteiger partial charge in [0, 0.05) is 22.6 Å². The van der Waals surface area contributed by atoms with E-state index in [1.807, 2.05) is 0 Å². The Kier molecular flexibility index (Phi) is 6.84. The number of anilines is 2. The molecule has 8 heteroatoms. The molecule has 3 rings (SSSR count). The van der Waals surface area contributed by atoms with Crippen LogP contribution in [0.1, 0.15) is 42.6 Å². The first-order valence-electron chi connectivity index (χ1n) is 8.85. The molecule has 0 radical (unpaired) electrons. The van der Waals surface area contributed by atoms with E-state index in [0.29, 0.717) is 28.1 Å². The summed E-state index contributed by atoms with van der Waals surface area (Å²) in [5.74, 6) is -0.231. The van der Waals surface area contributed by atoms with Crippen molar-refractivity contribution in [2.45, 2.75) is 32.1 Å². The number of amides is 3. The summed E-state index contributed by atoms with van der Waals surface area (Å²) in [5, 5.41) is 10.7. The summed E-state index contributed by atoms with van der Waals surface area (Å²) in [7, 11) is 0. The number of allylic oxidation sites excluding steroid dienone is 1. The highest BCUT2D eigenvalue weighted by Crippen LogP contribution is 2.20. The molecule has 0 spiro atoms. The van der Waals surface area contributed by atoms with Gasteiger partial charge in [-0.2, -0.15) is 0 Å². The van der Waals surface area contributed by atoms with Crippen molar-refractivity contribution in [2.24, 2.45) is 0 Å². The van der Waals surface area contributed by atoms with Gasteiger partial charge >= 0.3 is 6.03 Å². The van der Waals surface area contributed by atoms with E-state index in [0.717, 1.165) is 19.3 Å². The fourth-order valence-electron chi connectivity index (χ4n) is 2.82. The summed E-state index contributed by atoms with van der Waals surface area (Å²) in [6.45, 7) is 0.597. The number of halogens is 1. The number of aromatic nitrogens is 1. The molecule has 3 amide bonds. The second kappa shape index (κ2) is 9.53. The van der Waals surface area contributed by atoms with Crippen molar-refractivity contribution < 1.29 is 9.59 Å². The summed E-state index contributed by atoms with van der Waals surface area (Å²) in [6.07, 6.45) is 7.92. The Morgan fingerprint density at radius 2 is 2.11 bits per heavy atom. The number of carbonyl (C=O) groups is 2. The Morgan fingerprint density at radius 3 is 2.89 bits per heavy atom. The zero-order chi connectivity index (χ0) is 19.1. The summed E-state index contributed by atoms with van der Waals surface area (Å²) >= 11 is 7.09. The van der Waals surface area contributed by atoms with Crippen molar-refractivity contribution in [2.75, 3.05) is 17.2 Å². The average Bonchev–Trinajstić information content (AvgIpc) is 3.11. The molecular formula is C19H21ClN4O2S. The van der Waals surface area contributed by atoms with E-state index in [1.165, 1.54) is 29.8 Å². The third-order valence-corrected chi connectivity index (χ3v) is 5.15. The first-order chi connectivity index (χ1) is 13.1. The van der Waals surface area contributed by atoms with Gasteiger partial charge in [0.2, 0.25) is 0 Å². The maximum absolute atomic E-state index is 12.2. The number of nitrogens with one attached hydrogen (secondary N) is 3. The Balaban J connectivity index is 1.46. The number of hydrogen-bond acceptors (Lipinski definition) is 4. The summed E-state index contributed by atoms with van der Waals surface area (Å²) in [5.41, 5.74) is 2.29. The van der Waals surface area contributed by atoms with Crippen molar-refractivity contribution in [3.63, 3.8) is 0 Å². The first-order valence-corrected chi connectivity index (χ1v) is 10.1. The molecule has 6 nitrogen and oxygen atoms in total. The quantitative estimate of drug-likeness (QED) is 0.588. The van der Waals surface area contributed by atoms with E-state index in [1.54, 1.807) is 29.6 Å². The van der Waals surface area contributed by atoms with E-state index >= 15 is 0 Å². The largest absolute Gasteiger partial charge is 0.350 e. The molecule has 142 valence electrons. The Hall–Kier alpha value is -2.38. The highest BCUT2D eigenvalue weighted by atomic mass is 35.5. The van der Waals surface area contributed by atoms with Crippen LogP contribution in [0.2, 0.25) is 5.02 Å². The summed E-state index contributed by atoms with van der Waals surface area (Å²) < 4.78 is 0. The molecule has 0 fully saturated rings. The molecule has 0 unspecified atom stereocenters. The van der Waals surface area contributed by atoms with Crippen molar-refractivity contribution in [3.05, 3.63) is 52.0 Å². The van der Waals surface area contributed by atoms with Gasteiger partial charge in [0.1, 0.15) is 5.69 Å². The standard InChI is InChI=1S/C19H21ClN4O2S/c20-14-7-4-8-15(11-14)22-18(26)24-19-23-16(12-27-19)17(25)21-10-9-13-5-2-1-3-6-13/h4-5,7-8,11-12H,1-3,6,9-10H2,(H,21,25)(H2,22,23,24,26). The molecule has 0 bridgehead atoms. The minimum Gasteiger partial charge on any atom is -0.350 e. The molecule has 0 saturated heterocycles. The van der Waals surface area contributed by atoms with Gasteiger partial charge < -0.3 is 10.6 Å². The minimum absolute atomic E-state index is 0.231. The predicted molar refractivity (Wildman–Crippen MR) is 110 cm³/mol. The monoisotopic (exact) mass is 404 g/mol. The highest BCUT2D eigenvalue weighted by Gasteiger charge is 2.13. The molecule has 0 aliphatic heterocycles. The maximum atomic E-state index is 12.2. The van der Waals surface area contributed by atoms with Gasteiger partial charge in [-0.05, 0) is 50.3 Å². The molecule has 1 aromatic heterocycles. The number of rotatable bonds is 6. The van der Waals surface area contributed by atoms with Crippen LogP contribution in [0.5, 0.6) is 0 Å². The average molecular weight is 405 g/mol. The Labute approximate surface area is 167 Å². The van der Waals surface area contributed by atoms with Gasteiger partial charge in [0.25, 0.3) is 5.91 Å². The van der Waals surface area contributed by atoms with Gasteiger partial charge in [0.05, 0.1) is 0 Å². The van der Waals surface area contributed by atoms with Gasteiger partial charge in [-0.25, -0.2) is 9.78 Å². The fraction of sp³-hybridized carbons (Fsp3) is 0.316. The van der Waals surface area contributed by atoms with Gasteiger partial charge in [-0.3, -0.25) is 10.1 Å². The lowest BCUT2D eigenvalue weighted by molar-refractivity contribution is 0.0950. The fourth-order valence-corrected chi connectivity index (χ4v) is 3.70. The SMILES string of the molecule is O=C(Nc1cccc(Cl)c1)Nc1nc(C(=O)NCCC2=CCCCC2)cs1. The van der Waals surface area contributed by atoms with E-state index in [9.17, 15) is 9.59 Å². The van der Waals surface area contributed by atoms with Crippen LogP contribution in [0, 0.1) is 0 Å². The van der Waals surface area contributed by atoms with Crippen molar-refractivity contribution in [1.82, 2.24) is 10.3 Å². The molecule has 0 atom stereocenters. The third kappa shape index (κ3) is 6.08. The van der Waals surface area contributed by atoms with E-state index in [2.05, 4.69) is 27.0 Å². The molecule has 1 aliphatic carbocycles. The number of carbonyl (C=O) groups excluding carboxylic acids is 2. The summed E-state index contributed by atoms with van der Waals surface area (Å²) in [6, 6.07) is 6.40. The van der Waals surface area contributed by atoms with E-state index in [-0.39, 0.29) is 5.91 Å². The first kappa shape index (κ1) is 19.4. The lowest BCUT2D eigenvalue weighted by Gasteiger charge is -2.12. The number of hydrogen-bond donors (Lipinski definition) is 3. The topological polar surface area (TPSA) is 83.1 Å². The molecule has 27 heavy (non-hydrogen) atoms. The van der Waals surface area contributed by atoms with Crippen LogP contribution in [0.25, 0.3) is 0 Å². The van der Waals surface area contributed by atoms with E-state index < -0.39 is 6.03 Å². The van der Waals surface area contributed by atoms with Crippen molar-refractivity contribution >= 4 is 45.7 Å². The molecular weight excluding hydrogens is 384 g/mol. The zero-order valence-electron chi connectivity index (χ0n) is 14.8. The number of thiazole rings is 1. The zero-order valence-corrected chi connectivity index (χ0v) is 16.3. The summed E-state index contributed by atoms with van der Waals surface area (Å²) in [4.78, 5) is 28.4. The second-order valence-corrected chi connectivity index (χ2v) is 7.54. The lowest BCUT2D eigenvalue weighted by atomic mass is 9.97. The normalized spacial score (nSPS) is 13.6. The van der Waals surface area contributed by atoms with Gasteiger partial charge in [-0.15, -0.1) is 11.3 Å². The van der Waals surface area contributed by atoms with Crippen LogP contribution >= 0.6 is 22.9 Å². The van der Waals surface area contributed by atoms with E-state index in [4.69, 9.17) is 11.6 Å². The Bertz CT molecular complexity index is 850. The van der Waals surface area contributed by atoms with Crippen LogP contribution in [0.15, 0.2) is 41.3 Å². The lowest BCUT2D eigenvalue weighted by Crippen LogP contribution is -2.25. The Morgan fingerprint density at radius 1 is 1.22 bits per heavy atom. The molecule has 1 aromatic carbocycles. The second-order valence-electron chi connectivity index (χ2n) is 6.24. The molecule has 0 saturated carbocycles. The van der Waals surface area contributed by atoms with Crippen LogP contribution in [-0.4, -0.2) is 23.5 Å². The van der Waals surface area contributed by atoms with Crippen molar-refractivity contribution in [3.8, 4) is 0 Å². The third-order valence-electron chi connectivity index (χ3n) is 4.16. The van der Waals surface area contributed by atoms with Crippen molar-refractivity contribution in [1.29, 1.82) is 0 Å². The molecule has 1 aliphatic rings. The molecule has 3 N–H and O–H groups in total. The molecule has 2 aromatic rings. The minimum atomic E-state index is -0.442. The maximum Gasteiger partial charge on any atom is 0.325 e. The van der Waals surface area contributed by atoms with Gasteiger partial charge in [0.15, 0.2) is 5.13 Å². The van der Waals surface area contributed by atoms with Crippen LogP contribution < -0.4 is 16.0 Å². The van der Waals surface area contributed by atoms with Crippen LogP contribution in [-0.2, 0) is 0 Å². The van der Waals surface area contributed by atoms with Gasteiger partial charge in [-0.1, -0.05) is 29.3 Å². The predicted octanol–water partition coefficient (Wildman–Crippen LogP) is 5.06. The number of benzene rings is 1. The van der Waals surface area contributed by atoms with Crippen LogP contribution in [0.4, 0.5) is 15.6 Å². The van der Waals surface area contributed by atoms with Crippen LogP contribution in [0.3, 0.4) is 0 Å². The number of nitrogens with zero attached hydrogens (tertiary/aromatic N) is 1.